The van der Waals surface area contributed by atoms with Gasteiger partial charge in [-0.25, -0.2) is 4.79 Å². The molecule has 1 aromatic heterocycles. The first-order chi connectivity index (χ1) is 14.4. The van der Waals surface area contributed by atoms with Gasteiger partial charge in [0.15, 0.2) is 0 Å². The minimum Gasteiger partial charge on any atom is -0.496 e. The Morgan fingerprint density at radius 3 is 2.57 bits per heavy atom. The summed E-state index contributed by atoms with van der Waals surface area (Å²) in [5.41, 5.74) is 2.19. The van der Waals surface area contributed by atoms with E-state index in [0.717, 1.165) is 17.2 Å². The summed E-state index contributed by atoms with van der Waals surface area (Å²) in [4.78, 5) is 18.3. The van der Waals surface area contributed by atoms with E-state index < -0.39 is 17.8 Å². The molecule has 5 nitrogen and oxygen atoms in total. The highest BCUT2D eigenvalue weighted by Gasteiger charge is 2.37. The van der Waals surface area contributed by atoms with Crippen molar-refractivity contribution in [3.05, 3.63) is 72.1 Å². The molecule has 0 radical (unpaired) electrons. The largest absolute Gasteiger partial charge is 0.496 e. The maximum absolute atomic E-state index is 13.4. The highest BCUT2D eigenvalue weighted by atomic mass is 19.4. The molecule has 0 spiro atoms. The number of nitrogens with one attached hydrogen (secondary N) is 1. The molecule has 4 rings (SSSR count). The predicted molar refractivity (Wildman–Crippen MR) is 108 cm³/mol. The minimum atomic E-state index is -4.58. The quantitative estimate of drug-likeness (QED) is 0.628. The van der Waals surface area contributed by atoms with E-state index in [1.54, 1.807) is 24.5 Å². The lowest BCUT2D eigenvalue weighted by atomic mass is 10.1. The SMILES string of the molecule is COc1cc2c(cc1C(F)(F)F)N(C(=O)Nc1ccccc1-c1ccncc1)CC2. The van der Waals surface area contributed by atoms with Gasteiger partial charge in [-0.1, -0.05) is 18.2 Å². The maximum Gasteiger partial charge on any atom is 0.420 e. The maximum atomic E-state index is 13.4. The first-order valence-electron chi connectivity index (χ1n) is 9.24. The van der Waals surface area contributed by atoms with Gasteiger partial charge in [0, 0.05) is 30.2 Å². The fourth-order valence-corrected chi connectivity index (χ4v) is 3.57. The Labute approximate surface area is 171 Å². The molecule has 154 valence electrons. The molecular formula is C22H18F3N3O2. The number of carbonyl (C=O) groups excluding carboxylic acids is 1. The van der Waals surface area contributed by atoms with Crippen LogP contribution >= 0.6 is 0 Å². The number of rotatable bonds is 3. The summed E-state index contributed by atoms with van der Waals surface area (Å²) in [7, 11) is 1.20. The van der Waals surface area contributed by atoms with E-state index in [1.165, 1.54) is 18.1 Å². The number of benzene rings is 2. The summed E-state index contributed by atoms with van der Waals surface area (Å²) in [6.45, 7) is 0.281. The normalized spacial score (nSPS) is 13.1. The van der Waals surface area contributed by atoms with Gasteiger partial charge in [0.2, 0.25) is 0 Å². The Hall–Kier alpha value is -3.55. The molecule has 2 aromatic carbocycles. The lowest BCUT2D eigenvalue weighted by Crippen LogP contribution is -2.33. The van der Waals surface area contributed by atoms with Crippen LogP contribution in [0.3, 0.4) is 0 Å². The number of hydrogen-bond donors (Lipinski definition) is 1. The number of ether oxygens (including phenoxy) is 1. The van der Waals surface area contributed by atoms with Crippen molar-refractivity contribution in [3.63, 3.8) is 0 Å². The summed E-state index contributed by atoms with van der Waals surface area (Å²) in [6, 6.07) is 12.7. The topological polar surface area (TPSA) is 54.5 Å². The van der Waals surface area contributed by atoms with Gasteiger partial charge in [0.1, 0.15) is 5.75 Å². The fraction of sp³-hybridized carbons (Fsp3) is 0.182. The van der Waals surface area contributed by atoms with Gasteiger partial charge < -0.3 is 10.1 Å². The van der Waals surface area contributed by atoms with Gasteiger partial charge in [0.05, 0.1) is 18.4 Å². The molecular weight excluding hydrogens is 395 g/mol. The van der Waals surface area contributed by atoms with Crippen molar-refractivity contribution in [1.29, 1.82) is 0 Å². The van der Waals surface area contributed by atoms with Crippen LogP contribution in [0.4, 0.5) is 29.3 Å². The number of nitrogens with zero attached hydrogens (tertiary/aromatic N) is 2. The Morgan fingerprint density at radius 1 is 1.13 bits per heavy atom. The van der Waals surface area contributed by atoms with Crippen LogP contribution in [0.1, 0.15) is 11.1 Å². The molecule has 1 aliphatic rings. The molecule has 8 heteroatoms. The van der Waals surface area contributed by atoms with Crippen LogP contribution in [0, 0.1) is 0 Å². The third-order valence-electron chi connectivity index (χ3n) is 5.01. The summed E-state index contributed by atoms with van der Waals surface area (Å²) < 4.78 is 45.2. The number of halogens is 3. The van der Waals surface area contributed by atoms with Crippen molar-refractivity contribution < 1.29 is 22.7 Å². The first-order valence-corrected chi connectivity index (χ1v) is 9.24. The van der Waals surface area contributed by atoms with Crippen molar-refractivity contribution >= 4 is 17.4 Å². The number of para-hydroxylation sites is 1. The summed E-state index contributed by atoms with van der Waals surface area (Å²) in [5.74, 6) is -0.244. The van der Waals surface area contributed by atoms with E-state index in [0.29, 0.717) is 17.7 Å². The second-order valence-electron chi connectivity index (χ2n) is 6.79. The third-order valence-corrected chi connectivity index (χ3v) is 5.01. The first kappa shape index (κ1) is 19.8. The van der Waals surface area contributed by atoms with Crippen molar-refractivity contribution in [2.45, 2.75) is 12.6 Å². The number of urea groups is 1. The van der Waals surface area contributed by atoms with Crippen LogP contribution in [0.25, 0.3) is 11.1 Å². The minimum absolute atomic E-state index is 0.238. The number of alkyl halides is 3. The van der Waals surface area contributed by atoms with Gasteiger partial charge in [-0.05, 0) is 47.9 Å². The molecule has 2 amide bonds. The number of fused-ring (bicyclic) bond motifs is 1. The summed E-state index contributed by atoms with van der Waals surface area (Å²) in [6.07, 6.45) is -0.838. The van der Waals surface area contributed by atoms with Crippen LogP contribution in [0.15, 0.2) is 60.9 Å². The lowest BCUT2D eigenvalue weighted by Gasteiger charge is -2.21. The molecule has 2 heterocycles. The van der Waals surface area contributed by atoms with Gasteiger partial charge in [-0.15, -0.1) is 0 Å². The van der Waals surface area contributed by atoms with E-state index in [-0.39, 0.29) is 18.0 Å². The molecule has 0 unspecified atom stereocenters. The van der Waals surface area contributed by atoms with Gasteiger partial charge >= 0.3 is 12.2 Å². The summed E-state index contributed by atoms with van der Waals surface area (Å²) >= 11 is 0. The number of pyridine rings is 1. The molecule has 0 aliphatic carbocycles. The molecule has 0 fully saturated rings. The van der Waals surface area contributed by atoms with Crippen molar-refractivity contribution in [2.75, 3.05) is 23.9 Å². The van der Waals surface area contributed by atoms with E-state index in [1.807, 2.05) is 24.3 Å². The zero-order valence-corrected chi connectivity index (χ0v) is 16.0. The molecule has 3 aromatic rings. The average Bonchev–Trinajstić information content (AvgIpc) is 3.16. The zero-order chi connectivity index (χ0) is 21.3. The Kier molecular flexibility index (Phi) is 5.07. The van der Waals surface area contributed by atoms with Crippen molar-refractivity contribution in [1.82, 2.24) is 4.98 Å². The van der Waals surface area contributed by atoms with Gasteiger partial charge in [0.25, 0.3) is 0 Å². The monoisotopic (exact) mass is 413 g/mol. The number of amides is 2. The molecule has 1 aliphatic heterocycles. The van der Waals surface area contributed by atoms with Crippen LogP contribution in [-0.2, 0) is 12.6 Å². The standard InChI is InChI=1S/C22H18F3N3O2/c1-30-20-12-15-8-11-28(19(15)13-17(20)22(23,24)25)21(29)27-18-5-3-2-4-16(18)14-6-9-26-10-7-14/h2-7,9-10,12-13H,8,11H2,1H3,(H,27,29). The van der Waals surface area contributed by atoms with Gasteiger partial charge in [-0.2, -0.15) is 13.2 Å². The predicted octanol–water partition coefficient (Wildman–Crippen LogP) is 5.37. The van der Waals surface area contributed by atoms with Crippen LogP contribution < -0.4 is 15.0 Å². The van der Waals surface area contributed by atoms with E-state index >= 15 is 0 Å². The lowest BCUT2D eigenvalue weighted by molar-refractivity contribution is -0.138. The van der Waals surface area contributed by atoms with Crippen LogP contribution in [0.5, 0.6) is 5.75 Å². The number of anilines is 2. The second-order valence-corrected chi connectivity index (χ2v) is 6.79. The summed E-state index contributed by atoms with van der Waals surface area (Å²) in [5, 5.41) is 2.83. The number of methoxy groups -OCH3 is 1. The van der Waals surface area contributed by atoms with E-state index in [4.69, 9.17) is 4.74 Å². The Morgan fingerprint density at radius 2 is 1.87 bits per heavy atom. The molecule has 1 N–H and O–H groups in total. The average molecular weight is 413 g/mol. The van der Waals surface area contributed by atoms with Crippen molar-refractivity contribution in [3.8, 4) is 16.9 Å². The Bertz CT molecular complexity index is 1080. The molecule has 0 saturated heterocycles. The highest BCUT2D eigenvalue weighted by Crippen LogP contribution is 2.42. The molecule has 0 atom stereocenters. The fourth-order valence-electron chi connectivity index (χ4n) is 3.57. The number of hydrogen-bond acceptors (Lipinski definition) is 3. The molecule has 0 bridgehead atoms. The van der Waals surface area contributed by atoms with Gasteiger partial charge in [-0.3, -0.25) is 9.88 Å². The van der Waals surface area contributed by atoms with Crippen LogP contribution in [0.2, 0.25) is 0 Å². The number of aromatic nitrogens is 1. The number of carbonyl (C=O) groups is 1. The van der Waals surface area contributed by atoms with Crippen molar-refractivity contribution in [2.24, 2.45) is 0 Å². The zero-order valence-electron chi connectivity index (χ0n) is 16.0. The Balaban J connectivity index is 1.65. The van der Waals surface area contributed by atoms with Crippen LogP contribution in [-0.4, -0.2) is 24.7 Å². The highest BCUT2D eigenvalue weighted by molar-refractivity contribution is 6.05. The molecule has 0 saturated carbocycles. The van der Waals surface area contributed by atoms with E-state index in [2.05, 4.69) is 10.3 Å². The second kappa shape index (κ2) is 7.70. The van der Waals surface area contributed by atoms with E-state index in [9.17, 15) is 18.0 Å². The third kappa shape index (κ3) is 3.68. The smallest absolute Gasteiger partial charge is 0.420 e. The molecule has 30 heavy (non-hydrogen) atoms.